The molecule has 0 unspecified atom stereocenters. The number of aliphatic hydroxyl groups is 1. The number of thiazole rings is 1. The van der Waals surface area contributed by atoms with E-state index in [1.54, 1.807) is 10.9 Å². The minimum Gasteiger partial charge on any atom is -0.390 e. The normalized spacial score (nSPS) is 16.1. The Morgan fingerprint density at radius 1 is 1.42 bits per heavy atom. The van der Waals surface area contributed by atoms with Crippen LogP contribution in [0.3, 0.4) is 0 Å². The molecule has 7 nitrogen and oxygen atoms in total. The predicted molar refractivity (Wildman–Crippen MR) is 90.8 cm³/mol. The van der Waals surface area contributed by atoms with E-state index in [2.05, 4.69) is 29.1 Å². The van der Waals surface area contributed by atoms with E-state index in [-0.39, 0.29) is 12.5 Å². The zero-order valence-corrected chi connectivity index (χ0v) is 14.9. The fraction of sp³-hybridized carbons (Fsp3) is 0.625. The van der Waals surface area contributed by atoms with Crippen molar-refractivity contribution in [2.75, 3.05) is 13.1 Å². The highest BCUT2D eigenvalue weighted by atomic mass is 32.1. The summed E-state index contributed by atoms with van der Waals surface area (Å²) in [5, 5.41) is 19.5. The molecule has 0 saturated carbocycles. The van der Waals surface area contributed by atoms with Gasteiger partial charge in [0.2, 0.25) is 0 Å². The van der Waals surface area contributed by atoms with Crippen molar-refractivity contribution in [2.24, 2.45) is 5.92 Å². The second kappa shape index (κ2) is 7.40. The maximum atomic E-state index is 12.6. The summed E-state index contributed by atoms with van der Waals surface area (Å²) in [5.74, 6) is 0.874. The van der Waals surface area contributed by atoms with Gasteiger partial charge < -0.3 is 10.0 Å². The maximum Gasteiger partial charge on any atom is 0.282 e. The fourth-order valence-electron chi connectivity index (χ4n) is 2.87. The van der Waals surface area contributed by atoms with Gasteiger partial charge in [-0.15, -0.1) is 16.4 Å². The summed E-state index contributed by atoms with van der Waals surface area (Å²) in [6, 6.07) is 0. The van der Waals surface area contributed by atoms with Gasteiger partial charge in [0.1, 0.15) is 5.69 Å². The number of carbonyl (C=O) groups is 1. The predicted octanol–water partition coefficient (Wildman–Crippen LogP) is 1.90. The van der Waals surface area contributed by atoms with Crippen molar-refractivity contribution in [2.45, 2.75) is 45.8 Å². The smallest absolute Gasteiger partial charge is 0.282 e. The van der Waals surface area contributed by atoms with E-state index in [0.717, 1.165) is 38.2 Å². The van der Waals surface area contributed by atoms with Crippen LogP contribution in [0.4, 0.5) is 0 Å². The zero-order chi connectivity index (χ0) is 17.1. The molecule has 1 amide bonds. The van der Waals surface area contributed by atoms with Crippen LogP contribution in [0.5, 0.6) is 0 Å². The molecule has 0 bridgehead atoms. The topological polar surface area (TPSA) is 84.1 Å². The summed E-state index contributed by atoms with van der Waals surface area (Å²) in [4.78, 5) is 18.9. The Balaban J connectivity index is 1.53. The third-order valence-electron chi connectivity index (χ3n) is 4.39. The van der Waals surface area contributed by atoms with Gasteiger partial charge in [-0.05, 0) is 24.7 Å². The molecule has 1 aliphatic heterocycles. The molecule has 2 aromatic heterocycles. The lowest BCUT2D eigenvalue weighted by molar-refractivity contribution is 0.0680. The average molecular weight is 349 g/mol. The largest absolute Gasteiger partial charge is 0.390 e. The van der Waals surface area contributed by atoms with Crippen molar-refractivity contribution >= 4 is 17.2 Å². The van der Waals surface area contributed by atoms with Gasteiger partial charge in [0, 0.05) is 25.0 Å². The highest BCUT2D eigenvalue weighted by Crippen LogP contribution is 2.23. The molecule has 8 heteroatoms. The van der Waals surface area contributed by atoms with E-state index in [1.807, 2.05) is 10.3 Å². The molecule has 0 aromatic carbocycles. The van der Waals surface area contributed by atoms with Crippen LogP contribution in [-0.4, -0.2) is 49.0 Å². The van der Waals surface area contributed by atoms with E-state index in [0.29, 0.717) is 22.5 Å². The van der Waals surface area contributed by atoms with Crippen LogP contribution in [0.15, 0.2) is 11.6 Å². The molecule has 3 heterocycles. The number of amides is 1. The third kappa shape index (κ3) is 3.81. The molecule has 1 saturated heterocycles. The van der Waals surface area contributed by atoms with Crippen molar-refractivity contribution in [1.82, 2.24) is 24.9 Å². The number of hydrogen-bond acceptors (Lipinski definition) is 6. The van der Waals surface area contributed by atoms with E-state index in [1.165, 1.54) is 11.3 Å². The third-order valence-corrected chi connectivity index (χ3v) is 5.24. The van der Waals surface area contributed by atoms with Gasteiger partial charge in [0.15, 0.2) is 5.01 Å². The lowest BCUT2D eigenvalue weighted by Crippen LogP contribution is -2.39. The summed E-state index contributed by atoms with van der Waals surface area (Å²) in [5.41, 5.74) is 1.58. The van der Waals surface area contributed by atoms with Crippen LogP contribution in [0, 0.1) is 5.92 Å². The van der Waals surface area contributed by atoms with E-state index >= 15 is 0 Å². The van der Waals surface area contributed by atoms with Crippen molar-refractivity contribution in [3.05, 3.63) is 28.0 Å². The number of nitrogens with zero attached hydrogens (tertiary/aromatic N) is 5. The SMILES string of the molecule is CC(C)c1csc(C(=O)N2CCC(Cn3cc(CO)nn3)CC2)n1. The van der Waals surface area contributed by atoms with E-state index in [9.17, 15) is 4.79 Å². The molecule has 0 spiro atoms. The van der Waals surface area contributed by atoms with Gasteiger partial charge in [-0.3, -0.25) is 9.48 Å². The number of rotatable bonds is 5. The Kier molecular flexibility index (Phi) is 5.25. The van der Waals surface area contributed by atoms with Gasteiger partial charge in [0.05, 0.1) is 18.5 Å². The second-order valence-corrected chi connectivity index (χ2v) is 7.42. The van der Waals surface area contributed by atoms with Crippen molar-refractivity contribution in [3.8, 4) is 0 Å². The Bertz CT molecular complexity index is 688. The fourth-order valence-corrected chi connectivity index (χ4v) is 3.81. The monoisotopic (exact) mass is 349 g/mol. The summed E-state index contributed by atoms with van der Waals surface area (Å²) in [7, 11) is 0. The van der Waals surface area contributed by atoms with Crippen molar-refractivity contribution < 1.29 is 9.90 Å². The standard InChI is InChI=1S/C16H23N5O2S/c1-11(2)14-10-24-15(17-14)16(23)20-5-3-12(4-6-20)7-21-8-13(9-22)18-19-21/h8,10-12,22H,3-7,9H2,1-2H3. The number of carbonyl (C=O) groups excluding carboxylic acids is 1. The van der Waals surface area contributed by atoms with Gasteiger partial charge in [0.25, 0.3) is 5.91 Å². The van der Waals surface area contributed by atoms with Crippen LogP contribution in [-0.2, 0) is 13.2 Å². The van der Waals surface area contributed by atoms with Gasteiger partial charge >= 0.3 is 0 Å². The molecule has 0 atom stereocenters. The van der Waals surface area contributed by atoms with Crippen LogP contribution < -0.4 is 0 Å². The van der Waals surface area contributed by atoms with E-state index < -0.39 is 0 Å². The summed E-state index contributed by atoms with van der Waals surface area (Å²) >= 11 is 1.44. The van der Waals surface area contributed by atoms with Gasteiger partial charge in [-0.2, -0.15) is 0 Å². The highest BCUT2D eigenvalue weighted by molar-refractivity contribution is 7.11. The first-order chi connectivity index (χ1) is 11.6. The first-order valence-electron chi connectivity index (χ1n) is 8.31. The minimum absolute atomic E-state index is 0.0497. The highest BCUT2D eigenvalue weighted by Gasteiger charge is 2.26. The Hall–Kier alpha value is -1.80. The summed E-state index contributed by atoms with van der Waals surface area (Å²) < 4.78 is 1.78. The Morgan fingerprint density at radius 2 is 2.17 bits per heavy atom. The molecule has 1 aliphatic rings. The molecular formula is C16H23N5O2S. The lowest BCUT2D eigenvalue weighted by atomic mass is 9.97. The molecule has 2 aromatic rings. The lowest BCUT2D eigenvalue weighted by Gasteiger charge is -2.31. The van der Waals surface area contributed by atoms with Crippen molar-refractivity contribution in [1.29, 1.82) is 0 Å². The number of aliphatic hydroxyl groups excluding tert-OH is 1. The molecule has 1 N–H and O–H groups in total. The Morgan fingerprint density at radius 3 is 2.75 bits per heavy atom. The number of aromatic nitrogens is 4. The first kappa shape index (κ1) is 17.0. The molecule has 130 valence electrons. The van der Waals surface area contributed by atoms with Crippen LogP contribution in [0.1, 0.15) is 53.8 Å². The molecular weight excluding hydrogens is 326 g/mol. The van der Waals surface area contributed by atoms with Crippen LogP contribution >= 0.6 is 11.3 Å². The van der Waals surface area contributed by atoms with Crippen LogP contribution in [0.2, 0.25) is 0 Å². The van der Waals surface area contributed by atoms with Crippen LogP contribution in [0.25, 0.3) is 0 Å². The molecule has 0 radical (unpaired) electrons. The average Bonchev–Trinajstić information content (AvgIpc) is 3.24. The maximum absolute atomic E-state index is 12.6. The molecule has 3 rings (SSSR count). The molecule has 0 aliphatic carbocycles. The zero-order valence-electron chi connectivity index (χ0n) is 14.1. The van der Waals surface area contributed by atoms with Gasteiger partial charge in [-0.25, -0.2) is 4.98 Å². The molecule has 1 fully saturated rings. The van der Waals surface area contributed by atoms with E-state index in [4.69, 9.17) is 5.11 Å². The Labute approximate surface area is 145 Å². The minimum atomic E-state index is -0.0842. The second-order valence-electron chi connectivity index (χ2n) is 6.56. The quantitative estimate of drug-likeness (QED) is 0.891. The summed E-state index contributed by atoms with van der Waals surface area (Å²) in [6.07, 6.45) is 3.67. The number of piperidine rings is 1. The number of hydrogen-bond donors (Lipinski definition) is 1. The molecule has 24 heavy (non-hydrogen) atoms. The van der Waals surface area contributed by atoms with Gasteiger partial charge in [-0.1, -0.05) is 19.1 Å². The summed E-state index contributed by atoms with van der Waals surface area (Å²) in [6.45, 7) is 6.37. The number of likely N-dealkylation sites (tertiary alicyclic amines) is 1. The first-order valence-corrected chi connectivity index (χ1v) is 9.19. The van der Waals surface area contributed by atoms with Crippen molar-refractivity contribution in [3.63, 3.8) is 0 Å².